The van der Waals surface area contributed by atoms with Gasteiger partial charge in [0.25, 0.3) is 10.1 Å². The fraction of sp³-hybridized carbons (Fsp3) is 0.314. The van der Waals surface area contributed by atoms with E-state index in [2.05, 4.69) is 109 Å². The van der Waals surface area contributed by atoms with Gasteiger partial charge in [-0.25, -0.2) is 0 Å². The lowest BCUT2D eigenvalue weighted by Gasteiger charge is -2.36. The summed E-state index contributed by atoms with van der Waals surface area (Å²) in [4.78, 5) is 2.40. The van der Waals surface area contributed by atoms with Gasteiger partial charge >= 0.3 is 0 Å². The van der Waals surface area contributed by atoms with E-state index in [0.717, 1.165) is 26.1 Å². The Morgan fingerprint density at radius 3 is 1.57 bits per heavy atom. The number of aliphatic hydroxyl groups excluding tert-OH is 1. The zero-order valence-corrected chi connectivity index (χ0v) is 25.6. The first-order chi connectivity index (χ1) is 20.1. The van der Waals surface area contributed by atoms with E-state index in [-0.39, 0.29) is 10.9 Å². The van der Waals surface area contributed by atoms with E-state index in [9.17, 15) is 13.5 Å². The lowest BCUT2D eigenvalue weighted by atomic mass is 9.97. The molecule has 3 N–H and O–H groups in total. The highest BCUT2D eigenvalue weighted by Crippen LogP contribution is 2.20. The predicted octanol–water partition coefficient (Wildman–Crippen LogP) is 6.15. The molecule has 7 heteroatoms. The molecule has 0 saturated heterocycles. The molecule has 6 nitrogen and oxygen atoms in total. The SMILES string of the molecule is CC(C)CNC[C@@H](O)[C@H](Cc1ccccc1)N(Cc1ccccc1)Cc1ccccc1.Cc1ccccc1S(=O)(=O)O. The number of aryl methyl sites for hydroxylation is 1. The zero-order valence-electron chi connectivity index (χ0n) is 24.8. The Morgan fingerprint density at radius 2 is 1.14 bits per heavy atom. The minimum absolute atomic E-state index is 0.00229. The summed E-state index contributed by atoms with van der Waals surface area (Å²) in [5.74, 6) is 0.560. The molecular weight excluding hydrogens is 544 g/mol. The Balaban J connectivity index is 0.000000369. The third kappa shape index (κ3) is 11.5. The summed E-state index contributed by atoms with van der Waals surface area (Å²) in [5.41, 5.74) is 4.33. The maximum absolute atomic E-state index is 11.3. The van der Waals surface area contributed by atoms with Gasteiger partial charge < -0.3 is 10.4 Å². The molecule has 0 amide bonds. The van der Waals surface area contributed by atoms with Gasteiger partial charge in [0.2, 0.25) is 0 Å². The van der Waals surface area contributed by atoms with Crippen LogP contribution in [0.3, 0.4) is 0 Å². The van der Waals surface area contributed by atoms with E-state index >= 15 is 0 Å². The van der Waals surface area contributed by atoms with Crippen molar-refractivity contribution in [3.63, 3.8) is 0 Å². The van der Waals surface area contributed by atoms with Crippen LogP contribution in [0.2, 0.25) is 0 Å². The fourth-order valence-electron chi connectivity index (χ4n) is 4.79. The predicted molar refractivity (Wildman–Crippen MR) is 171 cm³/mol. The second kappa shape index (κ2) is 16.9. The highest BCUT2D eigenvalue weighted by molar-refractivity contribution is 7.85. The van der Waals surface area contributed by atoms with Gasteiger partial charge in [0.05, 0.1) is 11.0 Å². The van der Waals surface area contributed by atoms with Crippen LogP contribution in [-0.4, -0.2) is 48.2 Å². The molecule has 0 fully saturated rings. The standard InChI is InChI=1S/C28H36N2O.C7H8O3S/c1-23(2)19-29-20-28(31)27(18-24-12-6-3-7-13-24)30(21-25-14-8-4-9-15-25)22-26-16-10-5-11-17-26;1-6-4-2-3-5-7(6)11(8,9)10/h3-17,23,27-29,31H,18-22H2,1-2H3;2-5H,1H3,(H,8,9,10)/t27-,28+;/m0./s1. The number of benzene rings is 4. The maximum atomic E-state index is 11.3. The van der Waals surface area contributed by atoms with E-state index in [1.807, 2.05) is 6.07 Å². The van der Waals surface area contributed by atoms with Gasteiger partial charge in [0.1, 0.15) is 0 Å². The van der Waals surface area contributed by atoms with Gasteiger partial charge in [-0.2, -0.15) is 8.42 Å². The van der Waals surface area contributed by atoms with Crippen molar-refractivity contribution in [1.82, 2.24) is 10.2 Å². The summed E-state index contributed by atoms with van der Waals surface area (Å²) in [6.07, 6.45) is 0.344. The van der Waals surface area contributed by atoms with E-state index in [1.54, 1.807) is 25.1 Å². The van der Waals surface area contributed by atoms with Crippen LogP contribution in [0.4, 0.5) is 0 Å². The molecule has 0 aromatic heterocycles. The maximum Gasteiger partial charge on any atom is 0.294 e. The summed E-state index contributed by atoms with van der Waals surface area (Å²) in [6.45, 7) is 9.12. The number of hydrogen-bond acceptors (Lipinski definition) is 5. The van der Waals surface area contributed by atoms with E-state index in [0.29, 0.717) is 18.0 Å². The molecule has 224 valence electrons. The molecule has 0 heterocycles. The van der Waals surface area contributed by atoms with Crippen LogP contribution in [0, 0.1) is 12.8 Å². The summed E-state index contributed by atoms with van der Waals surface area (Å²) >= 11 is 0. The molecule has 0 aliphatic heterocycles. The van der Waals surface area contributed by atoms with E-state index in [1.165, 1.54) is 22.8 Å². The Hall–Kier alpha value is -3.33. The number of hydrogen-bond donors (Lipinski definition) is 3. The Bertz CT molecular complexity index is 1370. The largest absolute Gasteiger partial charge is 0.390 e. The lowest BCUT2D eigenvalue weighted by molar-refractivity contribution is 0.0390. The zero-order chi connectivity index (χ0) is 30.4. The van der Waals surface area contributed by atoms with E-state index in [4.69, 9.17) is 4.55 Å². The van der Waals surface area contributed by atoms with Crippen molar-refractivity contribution in [2.45, 2.75) is 57.3 Å². The smallest absolute Gasteiger partial charge is 0.294 e. The van der Waals surface area contributed by atoms with Crippen molar-refractivity contribution < 1.29 is 18.1 Å². The number of rotatable bonds is 13. The van der Waals surface area contributed by atoms with E-state index < -0.39 is 16.2 Å². The highest BCUT2D eigenvalue weighted by Gasteiger charge is 2.27. The van der Waals surface area contributed by atoms with Crippen LogP contribution < -0.4 is 5.32 Å². The van der Waals surface area contributed by atoms with Crippen LogP contribution in [0.25, 0.3) is 0 Å². The average Bonchev–Trinajstić information content (AvgIpc) is 2.97. The van der Waals surface area contributed by atoms with Gasteiger partial charge in [-0.1, -0.05) is 123 Å². The van der Waals surface area contributed by atoms with Crippen LogP contribution >= 0.6 is 0 Å². The summed E-state index contributed by atoms with van der Waals surface area (Å²) in [7, 11) is -4.03. The molecule has 0 aliphatic carbocycles. The van der Waals surface area contributed by atoms with Crippen LogP contribution in [0.5, 0.6) is 0 Å². The summed E-state index contributed by atoms with van der Waals surface area (Å²) in [6, 6.07) is 37.9. The first-order valence-corrected chi connectivity index (χ1v) is 15.8. The van der Waals surface area contributed by atoms with Gasteiger partial charge in [-0.3, -0.25) is 9.45 Å². The van der Waals surface area contributed by atoms with Crippen molar-refractivity contribution >= 4 is 10.1 Å². The molecular formula is C35H44N2O4S. The molecule has 4 aromatic carbocycles. The molecule has 4 rings (SSSR count). The Kier molecular flexibility index (Phi) is 13.4. The van der Waals surface area contributed by atoms with Crippen LogP contribution in [0.1, 0.15) is 36.1 Å². The third-order valence-electron chi connectivity index (χ3n) is 6.94. The molecule has 0 radical (unpaired) electrons. The molecule has 0 spiro atoms. The monoisotopic (exact) mass is 588 g/mol. The summed E-state index contributed by atoms with van der Waals surface area (Å²) in [5, 5.41) is 14.8. The van der Waals surface area contributed by atoms with Crippen molar-refractivity contribution in [2.24, 2.45) is 5.92 Å². The quantitative estimate of drug-likeness (QED) is 0.162. The average molecular weight is 589 g/mol. The molecule has 2 atom stereocenters. The van der Waals surface area contributed by atoms with Crippen LogP contribution in [-0.2, 0) is 29.6 Å². The van der Waals surface area contributed by atoms with Gasteiger partial charge in [-0.05, 0) is 54.1 Å². The lowest BCUT2D eigenvalue weighted by Crippen LogP contribution is -2.48. The molecule has 4 aromatic rings. The Labute approximate surface area is 251 Å². The third-order valence-corrected chi connectivity index (χ3v) is 7.95. The molecule has 0 bridgehead atoms. The van der Waals surface area contributed by atoms with Gasteiger partial charge in [0.15, 0.2) is 0 Å². The minimum Gasteiger partial charge on any atom is -0.390 e. The summed E-state index contributed by atoms with van der Waals surface area (Å²) < 4.78 is 29.9. The second-order valence-electron chi connectivity index (χ2n) is 11.0. The number of aliphatic hydroxyl groups is 1. The van der Waals surface area contributed by atoms with Crippen LogP contribution in [0.15, 0.2) is 120 Å². The first-order valence-electron chi connectivity index (χ1n) is 14.4. The molecule has 0 aliphatic rings. The highest BCUT2D eigenvalue weighted by atomic mass is 32.2. The van der Waals surface area contributed by atoms with Crippen molar-refractivity contribution in [3.8, 4) is 0 Å². The second-order valence-corrected chi connectivity index (χ2v) is 12.4. The topological polar surface area (TPSA) is 89.9 Å². The number of nitrogens with zero attached hydrogens (tertiary/aromatic N) is 1. The van der Waals surface area contributed by atoms with Gasteiger partial charge in [0, 0.05) is 25.7 Å². The number of nitrogens with one attached hydrogen (secondary N) is 1. The first kappa shape index (κ1) is 33.2. The molecule has 42 heavy (non-hydrogen) atoms. The Morgan fingerprint density at radius 1 is 0.690 bits per heavy atom. The van der Waals surface area contributed by atoms with Crippen molar-refractivity contribution in [2.75, 3.05) is 13.1 Å². The fourth-order valence-corrected chi connectivity index (χ4v) is 5.52. The minimum atomic E-state index is -4.03. The van der Waals surface area contributed by atoms with Gasteiger partial charge in [-0.15, -0.1) is 0 Å². The molecule has 0 saturated carbocycles. The normalized spacial score (nSPS) is 12.9. The van der Waals surface area contributed by atoms with Crippen molar-refractivity contribution in [1.29, 1.82) is 0 Å². The molecule has 0 unspecified atom stereocenters. The van der Waals surface area contributed by atoms with Crippen molar-refractivity contribution in [3.05, 3.63) is 138 Å².